The van der Waals surface area contributed by atoms with Crippen LogP contribution < -0.4 is 16.1 Å². The number of nitrogens with two attached hydrogens (primary N) is 1. The number of benzene rings is 2. The predicted molar refractivity (Wildman–Crippen MR) is 120 cm³/mol. The fourth-order valence-corrected chi connectivity index (χ4v) is 2.96. The van der Waals surface area contributed by atoms with Crippen molar-refractivity contribution in [1.82, 2.24) is 5.43 Å². The zero-order valence-corrected chi connectivity index (χ0v) is 17.0. The molecule has 30 heavy (non-hydrogen) atoms. The first-order valence-corrected chi connectivity index (χ1v) is 9.24. The molecule has 0 saturated carbocycles. The Morgan fingerprint density at radius 1 is 1.27 bits per heavy atom. The molecule has 3 rings (SSSR count). The molecule has 0 aromatic heterocycles. The molecule has 0 atom stereocenters. The summed E-state index contributed by atoms with van der Waals surface area (Å²) >= 11 is 4.72. The largest absolute Gasteiger partial charge is 0.375 e. The Morgan fingerprint density at radius 2 is 1.93 bits per heavy atom. The Labute approximate surface area is 177 Å². The number of carbonyl (C=O) groups is 1. The van der Waals surface area contributed by atoms with Crippen molar-refractivity contribution in [2.45, 2.75) is 13.8 Å². The lowest BCUT2D eigenvalue weighted by atomic mass is 10.1. The minimum Gasteiger partial charge on any atom is -0.375 e. The summed E-state index contributed by atoms with van der Waals surface area (Å²) in [6, 6.07) is 13.3. The van der Waals surface area contributed by atoms with Crippen molar-refractivity contribution in [2.75, 3.05) is 4.90 Å². The van der Waals surface area contributed by atoms with Gasteiger partial charge in [-0.15, -0.1) is 0 Å². The van der Waals surface area contributed by atoms with Gasteiger partial charge < -0.3 is 5.73 Å². The summed E-state index contributed by atoms with van der Waals surface area (Å²) in [5.74, 6) is 0.108. The predicted octanol–water partition coefficient (Wildman–Crippen LogP) is 2.96. The third-order valence-corrected chi connectivity index (χ3v) is 4.42. The normalized spacial score (nSPS) is 15.3. The molecule has 0 spiro atoms. The van der Waals surface area contributed by atoms with E-state index in [1.165, 1.54) is 17.0 Å². The van der Waals surface area contributed by atoms with Gasteiger partial charge in [0.2, 0.25) is 0 Å². The fourth-order valence-electron chi connectivity index (χ4n) is 2.91. The maximum Gasteiger partial charge on any atom is 0.282 e. The summed E-state index contributed by atoms with van der Waals surface area (Å²) in [7, 11) is 0. The molecule has 2 aromatic rings. The summed E-state index contributed by atoms with van der Waals surface area (Å²) in [4.78, 5) is 29.4. The molecule has 3 N–H and O–H groups in total. The van der Waals surface area contributed by atoms with Crippen LogP contribution >= 0.6 is 12.2 Å². The molecule has 1 amide bonds. The van der Waals surface area contributed by atoms with Crippen LogP contribution in [0.2, 0.25) is 0 Å². The van der Waals surface area contributed by atoms with Crippen LogP contribution in [0.3, 0.4) is 0 Å². The van der Waals surface area contributed by atoms with Crippen LogP contribution in [0.5, 0.6) is 0 Å². The molecule has 9 nitrogen and oxygen atoms in total. The first-order chi connectivity index (χ1) is 14.3. The number of thiocarbonyl (C=S) groups is 1. The summed E-state index contributed by atoms with van der Waals surface area (Å²) < 4.78 is 0. The number of rotatable bonds is 5. The molecule has 0 unspecified atom stereocenters. The van der Waals surface area contributed by atoms with Crippen LogP contribution in [0.25, 0.3) is 6.08 Å². The number of hydrazone groups is 1. The smallest absolute Gasteiger partial charge is 0.282 e. The van der Waals surface area contributed by atoms with Crippen molar-refractivity contribution in [3.8, 4) is 0 Å². The topological polar surface area (TPSA) is 126 Å². The highest BCUT2D eigenvalue weighted by Gasteiger charge is 2.29. The van der Waals surface area contributed by atoms with Crippen LogP contribution in [0.4, 0.5) is 11.4 Å². The number of nitrogens with zero attached hydrogens (tertiary/aromatic N) is 4. The number of hydrogen-bond acceptors (Lipinski definition) is 6. The first-order valence-electron chi connectivity index (χ1n) is 8.83. The Balaban J connectivity index is 1.87. The molecule has 0 fully saturated rings. The maximum atomic E-state index is 12.9. The van der Waals surface area contributed by atoms with Crippen LogP contribution in [0.15, 0.2) is 64.3 Å². The number of para-hydroxylation sites is 1. The number of anilines is 1. The van der Waals surface area contributed by atoms with Crippen molar-refractivity contribution in [1.29, 1.82) is 0 Å². The zero-order chi connectivity index (χ0) is 21.8. The number of aliphatic imine (C=N–C) groups is 1. The minimum absolute atomic E-state index is 0.0680. The number of amides is 1. The second kappa shape index (κ2) is 8.62. The minimum atomic E-state index is -0.491. The molecule has 0 radical (unpaired) electrons. The third kappa shape index (κ3) is 4.39. The molecule has 0 saturated heterocycles. The standard InChI is InChI=1S/C20H18N6O3S/c1-12(23-24-20(21)30)14-7-9-16(10-8-14)25-13(2)22-17(19(25)27)11-15-5-3-4-6-18(15)26(28)29/h3-11H,1-2H3,(H3,21,24,30)/b17-11+,23-12+. The van der Waals surface area contributed by atoms with Gasteiger partial charge in [0.05, 0.1) is 21.9 Å². The number of nitrogens with one attached hydrogen (secondary N) is 1. The van der Waals surface area contributed by atoms with E-state index in [9.17, 15) is 14.9 Å². The summed E-state index contributed by atoms with van der Waals surface area (Å²) in [6.45, 7) is 3.49. The molecule has 10 heteroatoms. The van der Waals surface area contributed by atoms with E-state index in [2.05, 4.69) is 15.5 Å². The van der Waals surface area contributed by atoms with Crippen LogP contribution in [-0.4, -0.2) is 27.5 Å². The molecule has 1 aliphatic rings. The number of nitro benzene ring substituents is 1. The molecular formula is C20H18N6O3S. The monoisotopic (exact) mass is 422 g/mol. The van der Waals surface area contributed by atoms with E-state index in [0.29, 0.717) is 22.8 Å². The van der Waals surface area contributed by atoms with E-state index < -0.39 is 4.92 Å². The number of nitro groups is 1. The van der Waals surface area contributed by atoms with Crippen molar-refractivity contribution < 1.29 is 9.72 Å². The fraction of sp³-hybridized carbons (Fsp3) is 0.100. The van der Waals surface area contributed by atoms with Gasteiger partial charge in [-0.25, -0.2) is 4.99 Å². The lowest BCUT2D eigenvalue weighted by Crippen LogP contribution is -2.30. The lowest BCUT2D eigenvalue weighted by Gasteiger charge is -2.16. The Bertz CT molecular complexity index is 1120. The SMILES string of the molecule is CC1=N/C(=C/c2ccccc2[N+](=O)[O-])C(=O)N1c1ccc(/C(C)=N/NC(N)=S)cc1. The maximum absolute atomic E-state index is 12.9. The summed E-state index contributed by atoms with van der Waals surface area (Å²) in [5, 5.41) is 15.3. The summed E-state index contributed by atoms with van der Waals surface area (Å²) in [6.07, 6.45) is 1.43. The first kappa shape index (κ1) is 20.8. The average molecular weight is 422 g/mol. The molecular weight excluding hydrogens is 404 g/mol. The van der Waals surface area contributed by atoms with Gasteiger partial charge in [-0.3, -0.25) is 25.2 Å². The highest BCUT2D eigenvalue weighted by molar-refractivity contribution is 7.80. The molecule has 152 valence electrons. The highest BCUT2D eigenvalue weighted by Crippen LogP contribution is 2.27. The van der Waals surface area contributed by atoms with Gasteiger partial charge in [0, 0.05) is 6.07 Å². The van der Waals surface area contributed by atoms with Gasteiger partial charge in [-0.2, -0.15) is 5.10 Å². The molecule has 0 bridgehead atoms. The summed E-state index contributed by atoms with van der Waals surface area (Å²) in [5.41, 5.74) is 10.4. The zero-order valence-electron chi connectivity index (χ0n) is 16.2. The second-order valence-corrected chi connectivity index (χ2v) is 6.81. The van der Waals surface area contributed by atoms with Gasteiger partial charge in [-0.1, -0.05) is 24.3 Å². The third-order valence-electron chi connectivity index (χ3n) is 4.33. The van der Waals surface area contributed by atoms with Crippen LogP contribution in [0, 0.1) is 10.1 Å². The van der Waals surface area contributed by atoms with E-state index in [0.717, 1.165) is 5.56 Å². The van der Waals surface area contributed by atoms with Gasteiger partial charge in [-0.05, 0) is 55.9 Å². The second-order valence-electron chi connectivity index (χ2n) is 6.37. The van der Waals surface area contributed by atoms with E-state index in [4.69, 9.17) is 18.0 Å². The van der Waals surface area contributed by atoms with Crippen LogP contribution in [-0.2, 0) is 4.79 Å². The van der Waals surface area contributed by atoms with Gasteiger partial charge in [0.15, 0.2) is 5.11 Å². The Hall–Kier alpha value is -3.92. The van der Waals surface area contributed by atoms with Gasteiger partial charge >= 0.3 is 0 Å². The number of amidine groups is 1. The Kier molecular flexibility index (Phi) is 5.98. The van der Waals surface area contributed by atoms with Crippen LogP contribution in [0.1, 0.15) is 25.0 Å². The average Bonchev–Trinajstić information content (AvgIpc) is 2.99. The van der Waals surface area contributed by atoms with E-state index in [1.807, 2.05) is 0 Å². The molecule has 2 aromatic carbocycles. The highest BCUT2D eigenvalue weighted by atomic mass is 32.1. The lowest BCUT2D eigenvalue weighted by molar-refractivity contribution is -0.385. The molecule has 1 heterocycles. The van der Waals surface area contributed by atoms with Gasteiger partial charge in [0.1, 0.15) is 11.5 Å². The van der Waals surface area contributed by atoms with Crippen molar-refractivity contribution in [2.24, 2.45) is 15.8 Å². The van der Waals surface area contributed by atoms with Gasteiger partial charge in [0.25, 0.3) is 11.6 Å². The van der Waals surface area contributed by atoms with E-state index in [1.54, 1.807) is 56.3 Å². The van der Waals surface area contributed by atoms with Crippen molar-refractivity contribution in [3.05, 3.63) is 75.5 Å². The Morgan fingerprint density at radius 3 is 2.57 bits per heavy atom. The van der Waals surface area contributed by atoms with E-state index in [-0.39, 0.29) is 22.4 Å². The molecule has 0 aliphatic carbocycles. The van der Waals surface area contributed by atoms with Crippen molar-refractivity contribution in [3.63, 3.8) is 0 Å². The number of hydrogen-bond donors (Lipinski definition) is 2. The molecule has 1 aliphatic heterocycles. The van der Waals surface area contributed by atoms with Crippen molar-refractivity contribution >= 4 is 52.2 Å². The number of carbonyl (C=O) groups excluding carboxylic acids is 1. The quantitative estimate of drug-likeness (QED) is 0.251. The van der Waals surface area contributed by atoms with E-state index >= 15 is 0 Å².